The third-order valence-corrected chi connectivity index (χ3v) is 5.58. The fourth-order valence-electron chi connectivity index (χ4n) is 4.41. The zero-order valence-corrected chi connectivity index (χ0v) is 14.3. The van der Waals surface area contributed by atoms with Crippen molar-refractivity contribution < 1.29 is 0 Å². The third kappa shape index (κ3) is 3.37. The van der Waals surface area contributed by atoms with E-state index in [-0.39, 0.29) is 0 Å². The summed E-state index contributed by atoms with van der Waals surface area (Å²) in [4.78, 5) is 5.38. The number of likely N-dealkylation sites (N-methyl/N-ethyl adjacent to an activating group) is 2. The highest BCUT2D eigenvalue weighted by Gasteiger charge is 2.45. The van der Waals surface area contributed by atoms with Crippen LogP contribution in [-0.4, -0.2) is 61.2 Å². The molecule has 0 aromatic rings. The van der Waals surface area contributed by atoms with Crippen molar-refractivity contribution >= 4 is 0 Å². The average molecular weight is 281 g/mol. The molecule has 2 aliphatic rings. The molecule has 3 heteroatoms. The molecule has 1 aliphatic carbocycles. The van der Waals surface area contributed by atoms with Crippen LogP contribution in [0.2, 0.25) is 0 Å². The summed E-state index contributed by atoms with van der Waals surface area (Å²) in [6, 6.07) is 2.13. The Labute approximate surface area is 126 Å². The molecule has 0 bridgehead atoms. The largest absolute Gasteiger partial charge is 0.312 e. The summed E-state index contributed by atoms with van der Waals surface area (Å²) in [6.45, 7) is 14.4. The highest BCUT2D eigenvalue weighted by molar-refractivity contribution is 5.02. The Morgan fingerprint density at radius 3 is 2.60 bits per heavy atom. The van der Waals surface area contributed by atoms with Gasteiger partial charge in [-0.3, -0.25) is 4.90 Å². The van der Waals surface area contributed by atoms with Crippen LogP contribution in [-0.2, 0) is 0 Å². The third-order valence-electron chi connectivity index (χ3n) is 5.58. The predicted octanol–water partition coefficient (Wildman–Crippen LogP) is 2.57. The molecule has 1 aliphatic heterocycles. The van der Waals surface area contributed by atoms with Crippen molar-refractivity contribution in [3.05, 3.63) is 0 Å². The number of hydrogen-bond donors (Lipinski definition) is 1. The second kappa shape index (κ2) is 6.76. The normalized spacial score (nSPS) is 36.1. The van der Waals surface area contributed by atoms with Crippen LogP contribution < -0.4 is 5.32 Å². The summed E-state index contributed by atoms with van der Waals surface area (Å²) >= 11 is 0. The van der Waals surface area contributed by atoms with E-state index in [1.54, 1.807) is 0 Å². The van der Waals surface area contributed by atoms with Crippen LogP contribution in [0.5, 0.6) is 0 Å². The van der Waals surface area contributed by atoms with Gasteiger partial charge in [-0.25, -0.2) is 0 Å². The first kappa shape index (κ1) is 16.3. The molecular weight excluding hydrogens is 246 g/mol. The smallest absolute Gasteiger partial charge is 0.0274 e. The van der Waals surface area contributed by atoms with E-state index in [9.17, 15) is 0 Å². The fraction of sp³-hybridized carbons (Fsp3) is 1.00. The zero-order chi connectivity index (χ0) is 14.8. The first-order valence-electron chi connectivity index (χ1n) is 8.67. The van der Waals surface area contributed by atoms with E-state index in [2.05, 4.69) is 49.9 Å². The molecule has 118 valence electrons. The van der Waals surface area contributed by atoms with Crippen molar-refractivity contribution in [1.29, 1.82) is 0 Å². The van der Waals surface area contributed by atoms with Gasteiger partial charge in [-0.05, 0) is 51.2 Å². The summed E-state index contributed by atoms with van der Waals surface area (Å²) in [5.41, 5.74) is 0.442. The molecule has 1 saturated carbocycles. The lowest BCUT2D eigenvalue weighted by molar-refractivity contribution is 0.0967. The van der Waals surface area contributed by atoms with E-state index in [1.807, 2.05) is 0 Å². The summed E-state index contributed by atoms with van der Waals surface area (Å²) in [5, 5.41) is 3.80. The van der Waals surface area contributed by atoms with Crippen LogP contribution in [0.15, 0.2) is 0 Å². The van der Waals surface area contributed by atoms with Gasteiger partial charge in [0, 0.05) is 31.2 Å². The monoisotopic (exact) mass is 281 g/mol. The van der Waals surface area contributed by atoms with Gasteiger partial charge in [0.25, 0.3) is 0 Å². The molecule has 2 rings (SSSR count). The Morgan fingerprint density at radius 1 is 1.20 bits per heavy atom. The maximum Gasteiger partial charge on any atom is 0.0274 e. The second-order valence-electron chi connectivity index (χ2n) is 7.55. The van der Waals surface area contributed by atoms with E-state index in [0.29, 0.717) is 11.5 Å². The Morgan fingerprint density at radius 2 is 1.95 bits per heavy atom. The van der Waals surface area contributed by atoms with E-state index in [4.69, 9.17) is 0 Å². The van der Waals surface area contributed by atoms with E-state index in [0.717, 1.165) is 18.6 Å². The molecule has 1 N–H and O–H groups in total. The standard InChI is InChI=1S/C17H35N3/c1-6-14-13-19(5)11-8-12-20(14)15-9-10-17(3,4)16(15)18-7-2/h14-16,18H,6-13H2,1-5H3. The van der Waals surface area contributed by atoms with Gasteiger partial charge in [-0.15, -0.1) is 0 Å². The summed E-state index contributed by atoms with van der Waals surface area (Å²) in [7, 11) is 2.28. The molecule has 20 heavy (non-hydrogen) atoms. The molecule has 3 unspecified atom stereocenters. The van der Waals surface area contributed by atoms with Crippen LogP contribution in [0.4, 0.5) is 0 Å². The summed E-state index contributed by atoms with van der Waals surface area (Å²) in [6.07, 6.45) is 5.33. The second-order valence-corrected chi connectivity index (χ2v) is 7.55. The van der Waals surface area contributed by atoms with Gasteiger partial charge in [-0.1, -0.05) is 27.7 Å². The molecule has 2 fully saturated rings. The first-order chi connectivity index (χ1) is 9.49. The van der Waals surface area contributed by atoms with Crippen LogP contribution in [0.25, 0.3) is 0 Å². The number of nitrogens with zero attached hydrogens (tertiary/aromatic N) is 2. The van der Waals surface area contributed by atoms with Gasteiger partial charge in [0.1, 0.15) is 0 Å². The van der Waals surface area contributed by atoms with Crippen LogP contribution >= 0.6 is 0 Å². The number of rotatable bonds is 4. The number of nitrogens with one attached hydrogen (secondary N) is 1. The van der Waals surface area contributed by atoms with Crippen molar-refractivity contribution in [3.63, 3.8) is 0 Å². The highest BCUT2D eigenvalue weighted by Crippen LogP contribution is 2.41. The van der Waals surface area contributed by atoms with Gasteiger partial charge in [0.2, 0.25) is 0 Å². The Balaban J connectivity index is 2.14. The van der Waals surface area contributed by atoms with Crippen LogP contribution in [0.1, 0.15) is 53.4 Å². The minimum atomic E-state index is 0.442. The molecular formula is C17H35N3. The van der Waals surface area contributed by atoms with Crippen molar-refractivity contribution in [3.8, 4) is 0 Å². The fourth-order valence-corrected chi connectivity index (χ4v) is 4.41. The highest BCUT2D eigenvalue weighted by atomic mass is 15.3. The molecule has 0 radical (unpaired) electrons. The van der Waals surface area contributed by atoms with E-state index >= 15 is 0 Å². The SMILES string of the molecule is CCNC1C(N2CCCN(C)CC2CC)CCC1(C)C. The van der Waals surface area contributed by atoms with Crippen molar-refractivity contribution in [1.82, 2.24) is 15.1 Å². The zero-order valence-electron chi connectivity index (χ0n) is 14.3. The maximum absolute atomic E-state index is 3.80. The molecule has 0 spiro atoms. The van der Waals surface area contributed by atoms with Gasteiger partial charge in [0.05, 0.1) is 0 Å². The Bertz CT molecular complexity index is 303. The lowest BCUT2D eigenvalue weighted by atomic mass is 9.86. The average Bonchev–Trinajstić information content (AvgIpc) is 2.59. The van der Waals surface area contributed by atoms with E-state index < -0.39 is 0 Å². The lowest BCUT2D eigenvalue weighted by Crippen LogP contribution is -2.55. The molecule has 0 amide bonds. The van der Waals surface area contributed by atoms with Crippen molar-refractivity contribution in [2.75, 3.05) is 33.2 Å². The van der Waals surface area contributed by atoms with Crippen LogP contribution in [0.3, 0.4) is 0 Å². The van der Waals surface area contributed by atoms with E-state index in [1.165, 1.54) is 45.3 Å². The topological polar surface area (TPSA) is 18.5 Å². The van der Waals surface area contributed by atoms with Crippen molar-refractivity contribution in [2.45, 2.75) is 71.5 Å². The van der Waals surface area contributed by atoms with Gasteiger partial charge < -0.3 is 10.2 Å². The van der Waals surface area contributed by atoms with Gasteiger partial charge in [-0.2, -0.15) is 0 Å². The Kier molecular flexibility index (Phi) is 5.49. The maximum atomic E-state index is 3.80. The summed E-state index contributed by atoms with van der Waals surface area (Å²) in [5.74, 6) is 0. The predicted molar refractivity (Wildman–Crippen MR) is 87.2 cm³/mol. The molecule has 0 aromatic heterocycles. The molecule has 3 atom stereocenters. The van der Waals surface area contributed by atoms with Gasteiger partial charge in [0.15, 0.2) is 0 Å². The minimum Gasteiger partial charge on any atom is -0.312 e. The molecule has 1 heterocycles. The molecule has 3 nitrogen and oxygen atoms in total. The minimum absolute atomic E-state index is 0.442. The van der Waals surface area contributed by atoms with Gasteiger partial charge >= 0.3 is 0 Å². The molecule has 0 aromatic carbocycles. The quantitative estimate of drug-likeness (QED) is 0.854. The lowest BCUT2D eigenvalue weighted by Gasteiger charge is -2.41. The van der Waals surface area contributed by atoms with Crippen molar-refractivity contribution in [2.24, 2.45) is 5.41 Å². The van der Waals surface area contributed by atoms with Crippen LogP contribution in [0, 0.1) is 5.41 Å². The number of hydrogen-bond acceptors (Lipinski definition) is 3. The first-order valence-corrected chi connectivity index (χ1v) is 8.67. The molecule has 1 saturated heterocycles. The Hall–Kier alpha value is -0.120. The summed E-state index contributed by atoms with van der Waals surface area (Å²) < 4.78 is 0.